The van der Waals surface area contributed by atoms with Crippen LogP contribution in [-0.4, -0.2) is 30.9 Å². The van der Waals surface area contributed by atoms with E-state index in [0.717, 1.165) is 25.4 Å². The topological polar surface area (TPSA) is 29.5 Å². The standard InChI is InChI=1S/C14H19NO2/c1-11-9-15(8-7-14(11)16)10-12-3-5-13(17-2)6-4-12/h3-6,11H,7-10H2,1-2H3. The van der Waals surface area contributed by atoms with Crippen molar-refractivity contribution < 1.29 is 9.53 Å². The molecular weight excluding hydrogens is 214 g/mol. The van der Waals surface area contributed by atoms with Crippen LogP contribution in [0.25, 0.3) is 0 Å². The molecule has 17 heavy (non-hydrogen) atoms. The molecule has 1 aromatic carbocycles. The number of benzene rings is 1. The number of carbonyl (C=O) groups excluding carboxylic acids is 1. The SMILES string of the molecule is COc1ccc(CN2CCC(=O)C(C)C2)cc1. The molecular formula is C14H19NO2. The zero-order valence-electron chi connectivity index (χ0n) is 10.5. The number of ketones is 1. The minimum absolute atomic E-state index is 0.182. The Morgan fingerprint density at radius 3 is 2.65 bits per heavy atom. The molecule has 92 valence electrons. The van der Waals surface area contributed by atoms with Crippen LogP contribution in [0, 0.1) is 5.92 Å². The molecule has 2 rings (SSSR count). The number of piperidine rings is 1. The maximum atomic E-state index is 11.4. The van der Waals surface area contributed by atoms with Crippen LogP contribution >= 0.6 is 0 Å². The van der Waals surface area contributed by atoms with E-state index >= 15 is 0 Å². The van der Waals surface area contributed by atoms with Crippen LogP contribution in [0.2, 0.25) is 0 Å². The summed E-state index contributed by atoms with van der Waals surface area (Å²) in [5, 5.41) is 0. The van der Waals surface area contributed by atoms with Crippen LogP contribution in [0.1, 0.15) is 18.9 Å². The maximum absolute atomic E-state index is 11.4. The molecule has 0 saturated carbocycles. The van der Waals surface area contributed by atoms with E-state index in [9.17, 15) is 4.79 Å². The second kappa shape index (κ2) is 5.32. The lowest BCUT2D eigenvalue weighted by Crippen LogP contribution is -2.38. The maximum Gasteiger partial charge on any atom is 0.138 e. The lowest BCUT2D eigenvalue weighted by Gasteiger charge is -2.29. The quantitative estimate of drug-likeness (QED) is 0.800. The monoisotopic (exact) mass is 233 g/mol. The van der Waals surface area contributed by atoms with Crippen LogP contribution < -0.4 is 4.74 Å². The molecule has 1 unspecified atom stereocenters. The van der Waals surface area contributed by atoms with Crippen molar-refractivity contribution in [3.05, 3.63) is 29.8 Å². The van der Waals surface area contributed by atoms with Gasteiger partial charge in [0.15, 0.2) is 0 Å². The number of methoxy groups -OCH3 is 1. The van der Waals surface area contributed by atoms with Gasteiger partial charge in [0.1, 0.15) is 11.5 Å². The van der Waals surface area contributed by atoms with Gasteiger partial charge >= 0.3 is 0 Å². The van der Waals surface area contributed by atoms with E-state index in [-0.39, 0.29) is 5.92 Å². The van der Waals surface area contributed by atoms with Crippen molar-refractivity contribution in [1.82, 2.24) is 4.90 Å². The van der Waals surface area contributed by atoms with Crippen LogP contribution in [0.5, 0.6) is 5.75 Å². The Kier molecular flexibility index (Phi) is 3.79. The molecule has 0 bridgehead atoms. The summed E-state index contributed by atoms with van der Waals surface area (Å²) in [6.07, 6.45) is 0.692. The fraction of sp³-hybridized carbons (Fsp3) is 0.500. The van der Waals surface area contributed by atoms with Gasteiger partial charge in [0, 0.05) is 32.0 Å². The van der Waals surface area contributed by atoms with Crippen molar-refractivity contribution in [1.29, 1.82) is 0 Å². The van der Waals surface area contributed by atoms with Gasteiger partial charge in [-0.3, -0.25) is 9.69 Å². The van der Waals surface area contributed by atoms with Crippen molar-refractivity contribution in [3.63, 3.8) is 0 Å². The molecule has 0 radical (unpaired) electrons. The Morgan fingerprint density at radius 1 is 1.35 bits per heavy atom. The summed E-state index contributed by atoms with van der Waals surface area (Å²) in [5.74, 6) is 1.47. The van der Waals surface area contributed by atoms with E-state index in [4.69, 9.17) is 4.74 Å². The highest BCUT2D eigenvalue weighted by Crippen LogP contribution is 2.17. The number of hydrogen-bond donors (Lipinski definition) is 0. The third kappa shape index (κ3) is 3.07. The van der Waals surface area contributed by atoms with E-state index in [2.05, 4.69) is 17.0 Å². The van der Waals surface area contributed by atoms with Crippen LogP contribution in [-0.2, 0) is 11.3 Å². The van der Waals surface area contributed by atoms with Gasteiger partial charge in [0.25, 0.3) is 0 Å². The van der Waals surface area contributed by atoms with Gasteiger partial charge in [0.2, 0.25) is 0 Å². The summed E-state index contributed by atoms with van der Waals surface area (Å²) in [4.78, 5) is 13.8. The zero-order chi connectivity index (χ0) is 12.3. The summed E-state index contributed by atoms with van der Waals surface area (Å²) in [5.41, 5.74) is 1.27. The number of carbonyl (C=O) groups is 1. The second-order valence-corrected chi connectivity index (χ2v) is 4.70. The summed E-state index contributed by atoms with van der Waals surface area (Å²) in [6.45, 7) is 4.70. The fourth-order valence-corrected chi connectivity index (χ4v) is 2.23. The lowest BCUT2D eigenvalue weighted by atomic mass is 9.98. The first-order valence-corrected chi connectivity index (χ1v) is 6.07. The van der Waals surface area contributed by atoms with Gasteiger partial charge in [-0.25, -0.2) is 0 Å². The summed E-state index contributed by atoms with van der Waals surface area (Å²) in [7, 11) is 1.67. The van der Waals surface area contributed by atoms with Gasteiger partial charge in [-0.15, -0.1) is 0 Å². The Bertz CT molecular complexity index is 386. The third-order valence-electron chi connectivity index (χ3n) is 3.32. The van der Waals surface area contributed by atoms with Crippen molar-refractivity contribution in [2.45, 2.75) is 19.9 Å². The van der Waals surface area contributed by atoms with E-state index < -0.39 is 0 Å². The Morgan fingerprint density at radius 2 is 2.06 bits per heavy atom. The molecule has 1 saturated heterocycles. The van der Waals surface area contributed by atoms with Gasteiger partial charge in [-0.05, 0) is 17.7 Å². The lowest BCUT2D eigenvalue weighted by molar-refractivity contribution is -0.125. The minimum atomic E-state index is 0.182. The third-order valence-corrected chi connectivity index (χ3v) is 3.32. The molecule has 3 heteroatoms. The number of rotatable bonds is 3. The summed E-state index contributed by atoms with van der Waals surface area (Å²) in [6, 6.07) is 8.13. The minimum Gasteiger partial charge on any atom is -0.497 e. The first kappa shape index (κ1) is 12.1. The molecule has 1 fully saturated rings. The predicted molar refractivity (Wildman–Crippen MR) is 67.1 cm³/mol. The molecule has 0 amide bonds. The molecule has 3 nitrogen and oxygen atoms in total. The van der Waals surface area contributed by atoms with Crippen LogP contribution in [0.4, 0.5) is 0 Å². The van der Waals surface area contributed by atoms with Gasteiger partial charge in [-0.1, -0.05) is 19.1 Å². The molecule has 0 aliphatic carbocycles. The van der Waals surface area contributed by atoms with E-state index in [1.807, 2.05) is 19.1 Å². The first-order chi connectivity index (χ1) is 8.19. The molecule has 1 atom stereocenters. The molecule has 1 aromatic rings. The number of nitrogens with zero attached hydrogens (tertiary/aromatic N) is 1. The van der Waals surface area contributed by atoms with Crippen LogP contribution in [0.15, 0.2) is 24.3 Å². The zero-order valence-corrected chi connectivity index (χ0v) is 10.5. The smallest absolute Gasteiger partial charge is 0.138 e. The molecule has 0 N–H and O–H groups in total. The van der Waals surface area contributed by atoms with E-state index in [0.29, 0.717) is 12.2 Å². The summed E-state index contributed by atoms with van der Waals surface area (Å²) >= 11 is 0. The largest absolute Gasteiger partial charge is 0.497 e. The van der Waals surface area contributed by atoms with Gasteiger partial charge < -0.3 is 4.74 Å². The highest BCUT2D eigenvalue weighted by atomic mass is 16.5. The molecule has 1 heterocycles. The molecule has 1 aliphatic rings. The van der Waals surface area contributed by atoms with Crippen molar-refractivity contribution in [2.24, 2.45) is 5.92 Å². The number of ether oxygens (including phenoxy) is 1. The van der Waals surface area contributed by atoms with E-state index in [1.165, 1.54) is 5.56 Å². The van der Waals surface area contributed by atoms with Crippen molar-refractivity contribution in [2.75, 3.05) is 20.2 Å². The first-order valence-electron chi connectivity index (χ1n) is 6.07. The van der Waals surface area contributed by atoms with Crippen molar-refractivity contribution >= 4 is 5.78 Å². The number of likely N-dealkylation sites (tertiary alicyclic amines) is 1. The molecule has 0 aromatic heterocycles. The van der Waals surface area contributed by atoms with Gasteiger partial charge in [-0.2, -0.15) is 0 Å². The normalized spacial score (nSPS) is 21.5. The van der Waals surface area contributed by atoms with Crippen LogP contribution in [0.3, 0.4) is 0 Å². The average molecular weight is 233 g/mol. The molecule has 0 spiro atoms. The van der Waals surface area contributed by atoms with Crippen molar-refractivity contribution in [3.8, 4) is 5.75 Å². The van der Waals surface area contributed by atoms with E-state index in [1.54, 1.807) is 7.11 Å². The predicted octanol–water partition coefficient (Wildman–Crippen LogP) is 2.11. The highest BCUT2D eigenvalue weighted by molar-refractivity contribution is 5.81. The van der Waals surface area contributed by atoms with Gasteiger partial charge in [0.05, 0.1) is 7.11 Å². The highest BCUT2D eigenvalue weighted by Gasteiger charge is 2.23. The Hall–Kier alpha value is -1.35. The second-order valence-electron chi connectivity index (χ2n) is 4.70. The average Bonchev–Trinajstić information content (AvgIpc) is 2.35. The Labute approximate surface area is 102 Å². The summed E-state index contributed by atoms with van der Waals surface area (Å²) < 4.78 is 5.13. The number of Topliss-reactive ketones (excluding diaryl/α,β-unsaturated/α-hetero) is 1. The molecule has 1 aliphatic heterocycles. The Balaban J connectivity index is 1.94. The number of hydrogen-bond acceptors (Lipinski definition) is 3. The fourth-order valence-electron chi connectivity index (χ4n) is 2.23.